The normalized spacial score (nSPS) is 10.3. The number of ketones is 1. The highest BCUT2D eigenvalue weighted by Crippen LogP contribution is 2.41. The summed E-state index contributed by atoms with van der Waals surface area (Å²) in [5, 5.41) is 11.8. The van der Waals surface area contributed by atoms with Crippen LogP contribution in [0.1, 0.15) is 55.5 Å². The Morgan fingerprint density at radius 2 is 1.50 bits per heavy atom. The molecule has 8 heteroatoms. The molecule has 0 heterocycles. The Labute approximate surface area is 174 Å². The van der Waals surface area contributed by atoms with Crippen molar-refractivity contribution in [3.05, 3.63) is 63.7 Å². The quantitative estimate of drug-likeness (QED) is 0.186. The van der Waals surface area contributed by atoms with Gasteiger partial charge in [-0.1, -0.05) is 44.2 Å². The van der Waals surface area contributed by atoms with Gasteiger partial charge in [-0.3, -0.25) is 24.5 Å². The highest BCUT2D eigenvalue weighted by molar-refractivity contribution is 6.03. The van der Waals surface area contributed by atoms with Gasteiger partial charge in [0.15, 0.2) is 11.5 Å². The van der Waals surface area contributed by atoms with Crippen molar-refractivity contribution in [1.29, 1.82) is 0 Å². The maximum absolute atomic E-state index is 12.8. The Bertz CT molecular complexity index is 938. The molecule has 0 aliphatic rings. The number of esters is 2. The van der Waals surface area contributed by atoms with Crippen molar-refractivity contribution in [2.45, 2.75) is 46.0 Å². The van der Waals surface area contributed by atoms with Crippen molar-refractivity contribution in [3.8, 4) is 11.5 Å². The minimum absolute atomic E-state index is 0.0156. The molecule has 2 rings (SSSR count). The molecule has 0 radical (unpaired) electrons. The standard InChI is InChI=1S/C22H23NO7/c1-3-8-19(25)29-18-13-12-16(17(24)14-15-10-6-5-7-11-15)21(23(27)28)22(18)30-20(26)9-4-2/h5-7,10-13H,3-4,8-9,14H2,1-2H3. The Morgan fingerprint density at radius 3 is 2.07 bits per heavy atom. The third kappa shape index (κ3) is 5.97. The summed E-state index contributed by atoms with van der Waals surface area (Å²) in [6.45, 7) is 3.52. The van der Waals surface area contributed by atoms with Gasteiger partial charge in [0.1, 0.15) is 0 Å². The third-order valence-corrected chi connectivity index (χ3v) is 4.13. The Morgan fingerprint density at radius 1 is 0.900 bits per heavy atom. The van der Waals surface area contributed by atoms with Gasteiger partial charge in [0, 0.05) is 19.3 Å². The second-order valence-electron chi connectivity index (χ2n) is 6.58. The lowest BCUT2D eigenvalue weighted by atomic mass is 10.0. The lowest BCUT2D eigenvalue weighted by molar-refractivity contribution is -0.386. The Kier molecular flexibility index (Phi) is 8.22. The first-order valence-corrected chi connectivity index (χ1v) is 9.67. The van der Waals surface area contributed by atoms with Gasteiger partial charge in [0.2, 0.25) is 0 Å². The van der Waals surface area contributed by atoms with E-state index >= 15 is 0 Å². The van der Waals surface area contributed by atoms with Crippen molar-refractivity contribution >= 4 is 23.4 Å². The second-order valence-corrected chi connectivity index (χ2v) is 6.58. The van der Waals surface area contributed by atoms with Gasteiger partial charge in [-0.05, 0) is 30.5 Å². The Balaban J connectivity index is 2.51. The highest BCUT2D eigenvalue weighted by atomic mass is 16.6. The summed E-state index contributed by atoms with van der Waals surface area (Å²) in [5.41, 5.74) is -0.236. The van der Waals surface area contributed by atoms with Gasteiger partial charge in [-0.15, -0.1) is 0 Å². The number of nitro groups is 1. The molecular weight excluding hydrogens is 390 g/mol. The molecule has 0 bridgehead atoms. The average molecular weight is 413 g/mol. The lowest BCUT2D eigenvalue weighted by Gasteiger charge is -2.13. The zero-order chi connectivity index (χ0) is 22.1. The number of benzene rings is 2. The largest absolute Gasteiger partial charge is 0.422 e. The first-order chi connectivity index (χ1) is 14.4. The van der Waals surface area contributed by atoms with Gasteiger partial charge >= 0.3 is 17.6 Å². The molecule has 158 valence electrons. The van der Waals surface area contributed by atoms with Crippen molar-refractivity contribution in [1.82, 2.24) is 0 Å². The monoisotopic (exact) mass is 413 g/mol. The molecule has 0 aliphatic heterocycles. The summed E-state index contributed by atoms with van der Waals surface area (Å²) < 4.78 is 10.4. The first-order valence-electron chi connectivity index (χ1n) is 9.67. The van der Waals surface area contributed by atoms with E-state index in [2.05, 4.69) is 0 Å². The van der Waals surface area contributed by atoms with Gasteiger partial charge in [-0.2, -0.15) is 0 Å². The van der Waals surface area contributed by atoms with Crippen LogP contribution in [0.15, 0.2) is 42.5 Å². The van der Waals surface area contributed by atoms with Gasteiger partial charge < -0.3 is 9.47 Å². The van der Waals surface area contributed by atoms with E-state index in [1.807, 2.05) is 0 Å². The first kappa shape index (κ1) is 22.7. The van der Waals surface area contributed by atoms with Crippen molar-refractivity contribution in [3.63, 3.8) is 0 Å². The maximum Gasteiger partial charge on any atom is 0.326 e. The van der Waals surface area contributed by atoms with E-state index in [1.54, 1.807) is 44.2 Å². The molecule has 30 heavy (non-hydrogen) atoms. The summed E-state index contributed by atoms with van der Waals surface area (Å²) in [5.74, 6) is -2.65. The van der Waals surface area contributed by atoms with Crippen LogP contribution in [-0.4, -0.2) is 22.6 Å². The van der Waals surface area contributed by atoms with Gasteiger partial charge in [0.25, 0.3) is 5.75 Å². The van der Waals surface area contributed by atoms with E-state index in [4.69, 9.17) is 9.47 Å². The number of carbonyl (C=O) groups is 3. The van der Waals surface area contributed by atoms with E-state index in [0.29, 0.717) is 18.4 Å². The molecule has 0 aromatic heterocycles. The maximum atomic E-state index is 12.8. The number of nitrogens with zero attached hydrogens (tertiary/aromatic N) is 1. The number of hydrogen-bond donors (Lipinski definition) is 0. The van der Waals surface area contributed by atoms with Crippen LogP contribution in [0, 0.1) is 10.1 Å². The summed E-state index contributed by atoms with van der Waals surface area (Å²) >= 11 is 0. The zero-order valence-electron chi connectivity index (χ0n) is 16.9. The molecule has 0 spiro atoms. The molecule has 0 N–H and O–H groups in total. The molecule has 0 saturated carbocycles. The Hall–Kier alpha value is -3.55. The topological polar surface area (TPSA) is 113 Å². The number of hydrogen-bond acceptors (Lipinski definition) is 7. The second kappa shape index (κ2) is 10.8. The van der Waals surface area contributed by atoms with Gasteiger partial charge in [-0.25, -0.2) is 0 Å². The van der Waals surface area contributed by atoms with Crippen LogP contribution in [0.4, 0.5) is 5.69 Å². The van der Waals surface area contributed by atoms with Crippen molar-refractivity contribution in [2.75, 3.05) is 0 Å². The minimum Gasteiger partial charge on any atom is -0.422 e. The van der Waals surface area contributed by atoms with E-state index in [9.17, 15) is 24.5 Å². The molecule has 2 aromatic carbocycles. The number of nitro benzene ring substituents is 1. The molecule has 8 nitrogen and oxygen atoms in total. The van der Waals surface area contributed by atoms with E-state index in [1.165, 1.54) is 12.1 Å². The SMILES string of the molecule is CCCC(=O)Oc1ccc(C(=O)Cc2ccccc2)c([N+](=O)[O-])c1OC(=O)CCC. The molecule has 0 unspecified atom stereocenters. The van der Waals surface area contributed by atoms with Crippen molar-refractivity contribution in [2.24, 2.45) is 0 Å². The molecule has 2 aromatic rings. The molecular formula is C22H23NO7. The molecule has 0 aliphatic carbocycles. The fourth-order valence-corrected chi connectivity index (χ4v) is 2.76. The molecule has 0 amide bonds. The molecule has 0 atom stereocenters. The van der Waals surface area contributed by atoms with Crippen LogP contribution in [-0.2, 0) is 16.0 Å². The number of carbonyl (C=O) groups excluding carboxylic acids is 3. The zero-order valence-corrected chi connectivity index (χ0v) is 16.9. The molecule has 0 fully saturated rings. The fourth-order valence-electron chi connectivity index (χ4n) is 2.76. The number of Topliss-reactive ketones (excluding diaryl/α,β-unsaturated/α-hetero) is 1. The van der Waals surface area contributed by atoms with Crippen LogP contribution < -0.4 is 9.47 Å². The summed E-state index contributed by atoms with van der Waals surface area (Å²) in [7, 11) is 0. The fraction of sp³-hybridized carbons (Fsp3) is 0.318. The van der Waals surface area contributed by atoms with Crippen LogP contribution in [0.5, 0.6) is 11.5 Å². The summed E-state index contributed by atoms with van der Waals surface area (Å²) in [6.07, 6.45) is 1.01. The van der Waals surface area contributed by atoms with Crippen molar-refractivity contribution < 1.29 is 28.8 Å². The predicted molar refractivity (Wildman–Crippen MR) is 109 cm³/mol. The van der Waals surface area contributed by atoms with Crippen LogP contribution >= 0.6 is 0 Å². The van der Waals surface area contributed by atoms with Crippen LogP contribution in [0.3, 0.4) is 0 Å². The third-order valence-electron chi connectivity index (χ3n) is 4.13. The van der Waals surface area contributed by atoms with E-state index in [0.717, 1.165) is 0 Å². The average Bonchev–Trinajstić information content (AvgIpc) is 2.69. The molecule has 0 saturated heterocycles. The van der Waals surface area contributed by atoms with Crippen LogP contribution in [0.25, 0.3) is 0 Å². The smallest absolute Gasteiger partial charge is 0.326 e. The summed E-state index contributed by atoms with van der Waals surface area (Å²) in [6, 6.07) is 11.2. The number of rotatable bonds is 10. The van der Waals surface area contributed by atoms with Crippen LogP contribution in [0.2, 0.25) is 0 Å². The minimum atomic E-state index is -0.802. The van der Waals surface area contributed by atoms with Gasteiger partial charge in [0.05, 0.1) is 10.5 Å². The lowest BCUT2D eigenvalue weighted by Crippen LogP contribution is -2.15. The van der Waals surface area contributed by atoms with E-state index < -0.39 is 34.1 Å². The van der Waals surface area contributed by atoms with E-state index in [-0.39, 0.29) is 30.6 Å². The highest BCUT2D eigenvalue weighted by Gasteiger charge is 2.31. The summed E-state index contributed by atoms with van der Waals surface area (Å²) in [4.78, 5) is 47.8. The predicted octanol–water partition coefficient (Wildman–Crippen LogP) is 4.43. The number of ether oxygens (including phenoxy) is 2.